The normalized spacial score (nSPS) is 9.07. The van der Waals surface area contributed by atoms with Gasteiger partial charge in [-0.3, -0.25) is 4.79 Å². The van der Waals surface area contributed by atoms with Crippen LogP contribution in [0.1, 0.15) is 21.5 Å². The molecule has 0 spiro atoms. The predicted octanol–water partition coefficient (Wildman–Crippen LogP) is 2.36. The number of hydrogen-bond acceptors (Lipinski definition) is 3. The second-order valence-corrected chi connectivity index (χ2v) is 3.56. The van der Waals surface area contributed by atoms with Crippen LogP contribution < -0.4 is 0 Å². The number of hydrogen-bond donors (Lipinski definition) is 0. The molecule has 1 aromatic carbocycles. The van der Waals surface area contributed by atoms with Crippen LogP contribution in [-0.2, 0) is 0 Å². The standard InChI is InChI=1S/C12H7NOS/c14-8-11-4-1-10(2-5-11)3-6-12-7-13-15-9-12/h1-2,4-5,7-9H. The van der Waals surface area contributed by atoms with Gasteiger partial charge in [0.25, 0.3) is 0 Å². The Bertz CT molecular complexity index is 503. The largest absolute Gasteiger partial charge is 0.298 e. The molecule has 0 bridgehead atoms. The molecule has 0 aliphatic rings. The molecule has 2 aromatic rings. The molecule has 0 saturated carbocycles. The molecule has 1 aromatic heterocycles. The first kappa shape index (κ1) is 9.63. The summed E-state index contributed by atoms with van der Waals surface area (Å²) in [6, 6.07) is 7.17. The van der Waals surface area contributed by atoms with E-state index in [-0.39, 0.29) is 0 Å². The summed E-state index contributed by atoms with van der Waals surface area (Å²) in [5.41, 5.74) is 2.48. The number of benzene rings is 1. The van der Waals surface area contributed by atoms with Gasteiger partial charge in [-0.15, -0.1) is 0 Å². The second kappa shape index (κ2) is 4.54. The maximum Gasteiger partial charge on any atom is 0.150 e. The zero-order chi connectivity index (χ0) is 10.5. The maximum absolute atomic E-state index is 10.4. The molecule has 0 aliphatic heterocycles. The van der Waals surface area contributed by atoms with Gasteiger partial charge in [-0.2, -0.15) is 4.37 Å². The lowest BCUT2D eigenvalue weighted by molar-refractivity contribution is 0.112. The van der Waals surface area contributed by atoms with E-state index in [2.05, 4.69) is 16.2 Å². The van der Waals surface area contributed by atoms with Gasteiger partial charge >= 0.3 is 0 Å². The Balaban J connectivity index is 2.21. The zero-order valence-corrected chi connectivity index (χ0v) is 8.62. The third-order valence-corrected chi connectivity index (χ3v) is 2.42. The average molecular weight is 213 g/mol. The molecule has 0 atom stereocenters. The lowest BCUT2D eigenvalue weighted by Gasteiger charge is -1.90. The molecule has 0 fully saturated rings. The van der Waals surface area contributed by atoms with Crippen molar-refractivity contribution >= 4 is 17.8 Å². The minimum atomic E-state index is 0.665. The summed E-state index contributed by atoms with van der Waals surface area (Å²) in [6.07, 6.45) is 2.55. The average Bonchev–Trinajstić information content (AvgIpc) is 2.80. The van der Waals surface area contributed by atoms with Crippen molar-refractivity contribution in [1.29, 1.82) is 0 Å². The number of aromatic nitrogens is 1. The first-order valence-electron chi connectivity index (χ1n) is 4.35. The summed E-state index contributed by atoms with van der Waals surface area (Å²) in [4.78, 5) is 10.4. The van der Waals surface area contributed by atoms with Crippen molar-refractivity contribution in [2.75, 3.05) is 0 Å². The Hall–Kier alpha value is -1.92. The van der Waals surface area contributed by atoms with Crippen molar-refractivity contribution in [3.05, 3.63) is 52.5 Å². The second-order valence-electron chi connectivity index (χ2n) is 2.90. The van der Waals surface area contributed by atoms with E-state index < -0.39 is 0 Å². The SMILES string of the molecule is O=Cc1ccc(C#Cc2cnsc2)cc1. The Morgan fingerprint density at radius 3 is 2.47 bits per heavy atom. The van der Waals surface area contributed by atoms with Crippen LogP contribution in [-0.4, -0.2) is 10.7 Å². The Labute approximate surface area is 91.7 Å². The number of rotatable bonds is 1. The number of carbonyl (C=O) groups excluding carboxylic acids is 1. The van der Waals surface area contributed by atoms with Crippen molar-refractivity contribution in [2.45, 2.75) is 0 Å². The van der Waals surface area contributed by atoms with Crippen LogP contribution in [0, 0.1) is 11.8 Å². The molecule has 0 aliphatic carbocycles. The summed E-state index contributed by atoms with van der Waals surface area (Å²) in [5, 5.41) is 1.90. The first-order chi connectivity index (χ1) is 7.38. The molecule has 0 radical (unpaired) electrons. The van der Waals surface area contributed by atoms with Crippen molar-refractivity contribution < 1.29 is 4.79 Å². The Kier molecular flexibility index (Phi) is 2.91. The lowest BCUT2D eigenvalue weighted by atomic mass is 10.1. The van der Waals surface area contributed by atoms with E-state index in [1.165, 1.54) is 11.5 Å². The van der Waals surface area contributed by atoms with Crippen LogP contribution in [0.25, 0.3) is 0 Å². The fourth-order valence-corrected chi connectivity index (χ4v) is 1.52. The molecule has 0 N–H and O–H groups in total. The highest BCUT2D eigenvalue weighted by atomic mass is 32.1. The topological polar surface area (TPSA) is 30.0 Å². The number of carbonyl (C=O) groups is 1. The van der Waals surface area contributed by atoms with Crippen molar-refractivity contribution in [1.82, 2.24) is 4.37 Å². The van der Waals surface area contributed by atoms with Crippen LogP contribution in [0.3, 0.4) is 0 Å². The molecule has 0 amide bonds. The maximum atomic E-state index is 10.4. The summed E-state index contributed by atoms with van der Waals surface area (Å²) < 4.78 is 3.95. The fraction of sp³-hybridized carbons (Fsp3) is 0. The van der Waals surface area contributed by atoms with Gasteiger partial charge in [-0.05, 0) is 23.7 Å². The monoisotopic (exact) mass is 213 g/mol. The molecule has 2 nitrogen and oxygen atoms in total. The molecule has 3 heteroatoms. The minimum absolute atomic E-state index is 0.665. The van der Waals surface area contributed by atoms with Gasteiger partial charge in [0.15, 0.2) is 0 Å². The van der Waals surface area contributed by atoms with Gasteiger partial charge in [-0.1, -0.05) is 24.0 Å². The lowest BCUT2D eigenvalue weighted by Crippen LogP contribution is -1.79. The highest BCUT2D eigenvalue weighted by molar-refractivity contribution is 7.03. The van der Waals surface area contributed by atoms with Crippen molar-refractivity contribution in [2.24, 2.45) is 0 Å². The van der Waals surface area contributed by atoms with Gasteiger partial charge in [0, 0.05) is 16.5 Å². The molecule has 72 valence electrons. The predicted molar refractivity (Wildman–Crippen MR) is 59.9 cm³/mol. The van der Waals surface area contributed by atoms with Crippen LogP contribution >= 0.6 is 11.5 Å². The van der Waals surface area contributed by atoms with E-state index in [1.807, 2.05) is 17.5 Å². The molecule has 0 unspecified atom stereocenters. The van der Waals surface area contributed by atoms with Crippen molar-refractivity contribution in [3.8, 4) is 11.8 Å². The van der Waals surface area contributed by atoms with Gasteiger partial charge in [0.1, 0.15) is 6.29 Å². The summed E-state index contributed by atoms with van der Waals surface area (Å²) in [7, 11) is 0. The van der Waals surface area contributed by atoms with Crippen LogP contribution in [0.5, 0.6) is 0 Å². The van der Waals surface area contributed by atoms with Gasteiger partial charge in [0.2, 0.25) is 0 Å². The number of nitrogens with zero attached hydrogens (tertiary/aromatic N) is 1. The molecule has 0 saturated heterocycles. The number of aldehydes is 1. The van der Waals surface area contributed by atoms with E-state index in [0.717, 1.165) is 17.4 Å². The molecular formula is C12H7NOS. The van der Waals surface area contributed by atoms with Crippen LogP contribution in [0.2, 0.25) is 0 Å². The molecular weight excluding hydrogens is 206 g/mol. The highest BCUT2D eigenvalue weighted by Gasteiger charge is 1.90. The smallest absolute Gasteiger partial charge is 0.150 e. The first-order valence-corrected chi connectivity index (χ1v) is 5.19. The van der Waals surface area contributed by atoms with Crippen molar-refractivity contribution in [3.63, 3.8) is 0 Å². The zero-order valence-electron chi connectivity index (χ0n) is 7.81. The van der Waals surface area contributed by atoms with Crippen LogP contribution in [0.4, 0.5) is 0 Å². The minimum Gasteiger partial charge on any atom is -0.298 e. The van der Waals surface area contributed by atoms with Gasteiger partial charge in [-0.25, -0.2) is 0 Å². The third kappa shape index (κ3) is 2.52. The fourth-order valence-electron chi connectivity index (χ4n) is 1.06. The summed E-state index contributed by atoms with van der Waals surface area (Å²) >= 11 is 1.38. The quantitative estimate of drug-likeness (QED) is 0.537. The molecule has 2 rings (SSSR count). The van der Waals surface area contributed by atoms with Gasteiger partial charge < -0.3 is 0 Å². The summed E-state index contributed by atoms with van der Waals surface area (Å²) in [6.45, 7) is 0. The van der Waals surface area contributed by atoms with Crippen LogP contribution in [0.15, 0.2) is 35.8 Å². The van der Waals surface area contributed by atoms with E-state index in [1.54, 1.807) is 18.3 Å². The summed E-state index contributed by atoms with van der Waals surface area (Å²) in [5.74, 6) is 5.99. The highest BCUT2D eigenvalue weighted by Crippen LogP contribution is 2.02. The molecule has 1 heterocycles. The third-order valence-electron chi connectivity index (χ3n) is 1.83. The van der Waals surface area contributed by atoms with E-state index >= 15 is 0 Å². The van der Waals surface area contributed by atoms with Gasteiger partial charge in [0.05, 0.1) is 11.8 Å². The Morgan fingerprint density at radius 1 is 1.13 bits per heavy atom. The van der Waals surface area contributed by atoms with E-state index in [0.29, 0.717) is 5.56 Å². The van der Waals surface area contributed by atoms with E-state index in [4.69, 9.17) is 0 Å². The van der Waals surface area contributed by atoms with E-state index in [9.17, 15) is 4.79 Å². The molecule has 15 heavy (non-hydrogen) atoms. The Morgan fingerprint density at radius 2 is 1.87 bits per heavy atom.